The van der Waals surface area contributed by atoms with E-state index >= 15 is 0 Å². The minimum atomic E-state index is 0.681. The highest BCUT2D eigenvalue weighted by molar-refractivity contribution is 7.15. The number of nitrogens with one attached hydrogen (secondary N) is 2. The van der Waals surface area contributed by atoms with Crippen LogP contribution in [0, 0.1) is 6.92 Å². The highest BCUT2D eigenvalue weighted by Crippen LogP contribution is 2.27. The smallest absolute Gasteiger partial charge is 0.148 e. The van der Waals surface area contributed by atoms with Crippen LogP contribution in [0.15, 0.2) is 18.2 Å². The molecule has 2 aromatic rings. The molecule has 5 heteroatoms. The molecule has 0 fully saturated rings. The Bertz CT molecular complexity index is 450. The van der Waals surface area contributed by atoms with Gasteiger partial charge in [0.1, 0.15) is 5.82 Å². The van der Waals surface area contributed by atoms with E-state index < -0.39 is 0 Å². The van der Waals surface area contributed by atoms with Gasteiger partial charge in [-0.2, -0.15) is 5.10 Å². The van der Waals surface area contributed by atoms with Crippen molar-refractivity contribution in [3.63, 3.8) is 0 Å². The minimum absolute atomic E-state index is 0.681. The molecule has 2 aromatic heterocycles. The van der Waals surface area contributed by atoms with Crippen LogP contribution in [-0.4, -0.2) is 30.5 Å². The van der Waals surface area contributed by atoms with Gasteiger partial charge in [0, 0.05) is 24.6 Å². The van der Waals surface area contributed by atoms with E-state index in [-0.39, 0.29) is 0 Å². The molecular formula is C11H15N3OS. The normalized spacial score (nSPS) is 10.6. The van der Waals surface area contributed by atoms with Crippen LogP contribution in [0.5, 0.6) is 0 Å². The third kappa shape index (κ3) is 2.62. The standard InChI is InChI=1S/C11H15N3OS/c1-8-3-4-10(16-8)9-7-11(14-13-9)12-5-6-15-2/h3-4,7H,5-6H2,1-2H3,(H2,12,13,14). The van der Waals surface area contributed by atoms with Crippen molar-refractivity contribution in [2.75, 3.05) is 25.6 Å². The molecule has 0 bridgehead atoms. The molecule has 0 aromatic carbocycles. The lowest BCUT2D eigenvalue weighted by atomic mass is 10.3. The van der Waals surface area contributed by atoms with E-state index in [9.17, 15) is 0 Å². The van der Waals surface area contributed by atoms with Crippen LogP contribution in [0.4, 0.5) is 5.82 Å². The molecule has 0 amide bonds. The van der Waals surface area contributed by atoms with E-state index in [2.05, 4.69) is 34.6 Å². The van der Waals surface area contributed by atoms with Crippen molar-refractivity contribution in [3.8, 4) is 10.6 Å². The molecule has 0 saturated heterocycles. The number of hydrogen-bond acceptors (Lipinski definition) is 4. The monoisotopic (exact) mass is 237 g/mol. The van der Waals surface area contributed by atoms with Crippen LogP contribution in [-0.2, 0) is 4.74 Å². The van der Waals surface area contributed by atoms with Crippen molar-refractivity contribution in [1.29, 1.82) is 0 Å². The van der Waals surface area contributed by atoms with Gasteiger partial charge in [-0.05, 0) is 19.1 Å². The predicted octanol–water partition coefficient (Wildman–Crippen LogP) is 2.50. The molecule has 2 N–H and O–H groups in total. The average Bonchev–Trinajstić information content (AvgIpc) is 2.87. The van der Waals surface area contributed by atoms with Crippen molar-refractivity contribution in [1.82, 2.24) is 10.2 Å². The summed E-state index contributed by atoms with van der Waals surface area (Å²) in [5.74, 6) is 0.859. The Morgan fingerprint density at radius 2 is 2.38 bits per heavy atom. The Morgan fingerprint density at radius 3 is 3.06 bits per heavy atom. The number of ether oxygens (including phenoxy) is 1. The second kappa shape index (κ2) is 5.14. The molecule has 2 heterocycles. The van der Waals surface area contributed by atoms with Crippen LogP contribution in [0.25, 0.3) is 10.6 Å². The topological polar surface area (TPSA) is 49.9 Å². The molecule has 0 saturated carbocycles. The van der Waals surface area contributed by atoms with Crippen LogP contribution in [0.1, 0.15) is 4.88 Å². The van der Waals surface area contributed by atoms with Gasteiger partial charge in [0.15, 0.2) is 0 Å². The van der Waals surface area contributed by atoms with Gasteiger partial charge in [0.2, 0.25) is 0 Å². The Balaban J connectivity index is 2.02. The number of methoxy groups -OCH3 is 1. The highest BCUT2D eigenvalue weighted by atomic mass is 32.1. The fourth-order valence-electron chi connectivity index (χ4n) is 1.40. The molecule has 86 valence electrons. The molecule has 0 aliphatic rings. The van der Waals surface area contributed by atoms with Crippen LogP contribution in [0.3, 0.4) is 0 Å². The maximum Gasteiger partial charge on any atom is 0.148 e. The summed E-state index contributed by atoms with van der Waals surface area (Å²) in [7, 11) is 1.69. The summed E-state index contributed by atoms with van der Waals surface area (Å²) in [6.45, 7) is 3.55. The van der Waals surface area contributed by atoms with Gasteiger partial charge in [-0.15, -0.1) is 11.3 Å². The summed E-state index contributed by atoms with van der Waals surface area (Å²) in [5.41, 5.74) is 1.05. The maximum atomic E-state index is 4.96. The summed E-state index contributed by atoms with van der Waals surface area (Å²) >= 11 is 1.76. The molecule has 4 nitrogen and oxygen atoms in total. The van der Waals surface area contributed by atoms with E-state index in [1.165, 1.54) is 9.75 Å². The number of aromatic amines is 1. The van der Waals surface area contributed by atoms with Crippen molar-refractivity contribution >= 4 is 17.2 Å². The number of hydrogen-bond donors (Lipinski definition) is 2. The van der Waals surface area contributed by atoms with Crippen LogP contribution >= 0.6 is 11.3 Å². The molecule has 0 spiro atoms. The van der Waals surface area contributed by atoms with Gasteiger partial charge in [0.05, 0.1) is 17.2 Å². The zero-order valence-corrected chi connectivity index (χ0v) is 10.2. The third-order valence-electron chi connectivity index (χ3n) is 2.20. The largest absolute Gasteiger partial charge is 0.383 e. The van der Waals surface area contributed by atoms with E-state index in [4.69, 9.17) is 4.74 Å². The Hall–Kier alpha value is -1.33. The second-order valence-corrected chi connectivity index (χ2v) is 4.78. The first-order valence-corrected chi connectivity index (χ1v) is 5.96. The number of H-pyrrole nitrogens is 1. The summed E-state index contributed by atoms with van der Waals surface area (Å²) in [6, 6.07) is 6.23. The molecule has 0 aliphatic carbocycles. The van der Waals surface area contributed by atoms with E-state index in [1.54, 1.807) is 18.4 Å². The molecular weight excluding hydrogens is 222 g/mol. The second-order valence-electron chi connectivity index (χ2n) is 3.50. The number of anilines is 1. The fraction of sp³-hybridized carbons (Fsp3) is 0.364. The summed E-state index contributed by atoms with van der Waals surface area (Å²) < 4.78 is 4.96. The minimum Gasteiger partial charge on any atom is -0.383 e. The zero-order chi connectivity index (χ0) is 11.4. The highest BCUT2D eigenvalue weighted by Gasteiger charge is 2.04. The number of rotatable bonds is 5. The first kappa shape index (κ1) is 11.2. The Morgan fingerprint density at radius 1 is 1.50 bits per heavy atom. The fourth-order valence-corrected chi connectivity index (χ4v) is 2.23. The lowest BCUT2D eigenvalue weighted by Gasteiger charge is -1.99. The van der Waals surface area contributed by atoms with Gasteiger partial charge in [-0.3, -0.25) is 5.10 Å². The van der Waals surface area contributed by atoms with Crippen molar-refractivity contribution in [2.45, 2.75) is 6.92 Å². The molecule has 0 unspecified atom stereocenters. The molecule has 0 aliphatic heterocycles. The first-order chi connectivity index (χ1) is 7.79. The van der Waals surface area contributed by atoms with Gasteiger partial charge >= 0.3 is 0 Å². The predicted molar refractivity (Wildman–Crippen MR) is 67.0 cm³/mol. The van der Waals surface area contributed by atoms with E-state index in [1.807, 2.05) is 6.07 Å². The van der Waals surface area contributed by atoms with E-state index in [0.717, 1.165) is 18.1 Å². The Labute approximate surface area is 98.6 Å². The van der Waals surface area contributed by atoms with Gasteiger partial charge in [-0.1, -0.05) is 0 Å². The summed E-state index contributed by atoms with van der Waals surface area (Å²) in [6.07, 6.45) is 0. The van der Waals surface area contributed by atoms with Crippen molar-refractivity contribution in [2.24, 2.45) is 0 Å². The van der Waals surface area contributed by atoms with Gasteiger partial charge in [-0.25, -0.2) is 0 Å². The number of aromatic nitrogens is 2. The van der Waals surface area contributed by atoms with Crippen molar-refractivity contribution < 1.29 is 4.74 Å². The van der Waals surface area contributed by atoms with Crippen LogP contribution in [0.2, 0.25) is 0 Å². The number of thiophene rings is 1. The lowest BCUT2D eigenvalue weighted by molar-refractivity contribution is 0.210. The molecule has 0 radical (unpaired) electrons. The molecule has 0 atom stereocenters. The molecule has 2 rings (SSSR count). The number of nitrogens with zero attached hydrogens (tertiary/aromatic N) is 1. The van der Waals surface area contributed by atoms with Gasteiger partial charge < -0.3 is 10.1 Å². The van der Waals surface area contributed by atoms with Gasteiger partial charge in [0.25, 0.3) is 0 Å². The maximum absolute atomic E-state index is 4.96. The first-order valence-electron chi connectivity index (χ1n) is 5.14. The summed E-state index contributed by atoms with van der Waals surface area (Å²) in [5, 5.41) is 10.4. The SMILES string of the molecule is COCCNc1cc(-c2ccc(C)s2)[nH]n1. The molecule has 16 heavy (non-hydrogen) atoms. The third-order valence-corrected chi connectivity index (χ3v) is 3.23. The summed E-state index contributed by atoms with van der Waals surface area (Å²) in [4.78, 5) is 2.52. The lowest BCUT2D eigenvalue weighted by Crippen LogP contribution is -2.07. The van der Waals surface area contributed by atoms with Crippen molar-refractivity contribution in [3.05, 3.63) is 23.1 Å². The Kier molecular flexibility index (Phi) is 3.58. The average molecular weight is 237 g/mol. The quantitative estimate of drug-likeness (QED) is 0.786. The zero-order valence-electron chi connectivity index (χ0n) is 9.41. The van der Waals surface area contributed by atoms with E-state index in [0.29, 0.717) is 6.61 Å². The number of aryl methyl sites for hydroxylation is 1. The van der Waals surface area contributed by atoms with Crippen LogP contribution < -0.4 is 5.32 Å².